The third-order valence-corrected chi connectivity index (χ3v) is 2.64. The maximum absolute atomic E-state index is 13.4. The first-order chi connectivity index (χ1) is 8.99. The average molecular weight is 262 g/mol. The zero-order valence-electron chi connectivity index (χ0n) is 10.1. The van der Waals surface area contributed by atoms with Crippen molar-refractivity contribution < 1.29 is 19.1 Å². The van der Waals surface area contributed by atoms with E-state index in [9.17, 15) is 14.0 Å². The van der Waals surface area contributed by atoms with Gasteiger partial charge in [0.25, 0.3) is 5.91 Å². The van der Waals surface area contributed by atoms with Crippen molar-refractivity contribution in [3.63, 3.8) is 0 Å². The van der Waals surface area contributed by atoms with Gasteiger partial charge in [0.05, 0.1) is 5.56 Å². The summed E-state index contributed by atoms with van der Waals surface area (Å²) in [6.45, 7) is 1.36. The standard InChI is InChI=1S/C13H11FN2O3/c1-7(13(18)19)16-12(17)9-5-8-3-2-4-10(14)11(8)15-6-9/h2-7H,1H3,(H,16,17)(H,18,19). The van der Waals surface area contributed by atoms with Gasteiger partial charge < -0.3 is 10.4 Å². The van der Waals surface area contributed by atoms with Crippen molar-refractivity contribution in [3.05, 3.63) is 41.8 Å². The molecule has 2 N–H and O–H groups in total. The number of hydrogen-bond acceptors (Lipinski definition) is 3. The van der Waals surface area contributed by atoms with Crippen LogP contribution in [0.4, 0.5) is 4.39 Å². The van der Waals surface area contributed by atoms with E-state index >= 15 is 0 Å². The largest absolute Gasteiger partial charge is 0.480 e. The molecule has 2 rings (SSSR count). The Morgan fingerprint density at radius 1 is 1.42 bits per heavy atom. The summed E-state index contributed by atoms with van der Waals surface area (Å²) in [4.78, 5) is 26.3. The first-order valence-corrected chi connectivity index (χ1v) is 5.57. The number of carboxylic acid groups (broad SMARTS) is 1. The maximum atomic E-state index is 13.4. The van der Waals surface area contributed by atoms with Gasteiger partial charge in [-0.25, -0.2) is 4.39 Å². The van der Waals surface area contributed by atoms with Gasteiger partial charge in [-0.1, -0.05) is 12.1 Å². The van der Waals surface area contributed by atoms with E-state index in [1.807, 2.05) is 0 Å². The number of carboxylic acids is 1. The summed E-state index contributed by atoms with van der Waals surface area (Å²) in [6.07, 6.45) is 1.22. The topological polar surface area (TPSA) is 79.3 Å². The lowest BCUT2D eigenvalue weighted by Gasteiger charge is -2.09. The minimum atomic E-state index is -1.13. The van der Waals surface area contributed by atoms with Crippen molar-refractivity contribution in [3.8, 4) is 0 Å². The molecule has 0 bridgehead atoms. The summed E-state index contributed by atoms with van der Waals surface area (Å²) in [6, 6.07) is 4.89. The van der Waals surface area contributed by atoms with Crippen LogP contribution in [0.3, 0.4) is 0 Å². The number of amides is 1. The van der Waals surface area contributed by atoms with Crippen molar-refractivity contribution in [2.75, 3.05) is 0 Å². The Balaban J connectivity index is 2.31. The van der Waals surface area contributed by atoms with Crippen LogP contribution in [0.1, 0.15) is 17.3 Å². The fraction of sp³-hybridized carbons (Fsp3) is 0.154. The number of benzene rings is 1. The lowest BCUT2D eigenvalue weighted by molar-refractivity contribution is -0.138. The molecule has 5 nitrogen and oxygen atoms in total. The molecule has 98 valence electrons. The van der Waals surface area contributed by atoms with Crippen LogP contribution in [0.15, 0.2) is 30.5 Å². The number of carbonyl (C=O) groups excluding carboxylic acids is 1. The molecule has 6 heteroatoms. The first-order valence-electron chi connectivity index (χ1n) is 5.57. The second kappa shape index (κ2) is 5.01. The minimum Gasteiger partial charge on any atom is -0.480 e. The Labute approximate surface area is 108 Å². The van der Waals surface area contributed by atoms with Gasteiger partial charge in [-0.15, -0.1) is 0 Å². The molecule has 0 aliphatic heterocycles. The van der Waals surface area contributed by atoms with E-state index in [0.717, 1.165) is 0 Å². The molecule has 0 radical (unpaired) electrons. The van der Waals surface area contributed by atoms with E-state index in [1.54, 1.807) is 6.07 Å². The summed E-state index contributed by atoms with van der Waals surface area (Å²) < 4.78 is 13.4. The molecule has 1 aromatic carbocycles. The lowest BCUT2D eigenvalue weighted by atomic mass is 10.1. The number of para-hydroxylation sites is 1. The molecule has 0 saturated heterocycles. The van der Waals surface area contributed by atoms with E-state index in [0.29, 0.717) is 5.39 Å². The lowest BCUT2D eigenvalue weighted by Crippen LogP contribution is -2.38. The van der Waals surface area contributed by atoms with Gasteiger partial charge in [0.2, 0.25) is 0 Å². The Hall–Kier alpha value is -2.50. The molecule has 0 aliphatic carbocycles. The Morgan fingerprint density at radius 2 is 2.16 bits per heavy atom. The van der Waals surface area contributed by atoms with Crippen LogP contribution in [0, 0.1) is 5.82 Å². The number of aliphatic carboxylic acids is 1. The molecule has 0 saturated carbocycles. The smallest absolute Gasteiger partial charge is 0.325 e. The fourth-order valence-corrected chi connectivity index (χ4v) is 1.59. The monoisotopic (exact) mass is 262 g/mol. The number of pyridine rings is 1. The quantitative estimate of drug-likeness (QED) is 0.880. The van der Waals surface area contributed by atoms with E-state index in [4.69, 9.17) is 5.11 Å². The summed E-state index contributed by atoms with van der Waals surface area (Å²) in [5.41, 5.74) is 0.358. The molecule has 1 aromatic heterocycles. The molecule has 0 spiro atoms. The highest BCUT2D eigenvalue weighted by molar-refractivity contribution is 5.98. The van der Waals surface area contributed by atoms with Gasteiger partial charge in [0, 0.05) is 11.6 Å². The predicted octanol–water partition coefficient (Wildman–Crippen LogP) is 1.58. The van der Waals surface area contributed by atoms with Crippen molar-refractivity contribution in [2.24, 2.45) is 0 Å². The van der Waals surface area contributed by atoms with Crippen molar-refractivity contribution >= 4 is 22.8 Å². The number of nitrogens with one attached hydrogen (secondary N) is 1. The molecule has 0 fully saturated rings. The normalized spacial score (nSPS) is 12.1. The molecule has 1 amide bonds. The third kappa shape index (κ3) is 2.67. The Bertz CT molecular complexity index is 657. The van der Waals surface area contributed by atoms with Crippen molar-refractivity contribution in [2.45, 2.75) is 13.0 Å². The van der Waals surface area contributed by atoms with E-state index < -0.39 is 23.7 Å². The first kappa shape index (κ1) is 12.9. The van der Waals surface area contributed by atoms with Gasteiger partial charge in [0.15, 0.2) is 0 Å². The molecule has 1 heterocycles. The van der Waals surface area contributed by atoms with Crippen LogP contribution in [-0.2, 0) is 4.79 Å². The van der Waals surface area contributed by atoms with Gasteiger partial charge in [-0.2, -0.15) is 0 Å². The van der Waals surface area contributed by atoms with Gasteiger partial charge >= 0.3 is 5.97 Å². The molecule has 2 aromatic rings. The molecule has 1 unspecified atom stereocenters. The van der Waals surface area contributed by atoms with Crippen LogP contribution in [-0.4, -0.2) is 28.0 Å². The van der Waals surface area contributed by atoms with Gasteiger partial charge in [-0.3, -0.25) is 14.6 Å². The summed E-state index contributed by atoms with van der Waals surface area (Å²) in [5, 5.41) is 11.5. The van der Waals surface area contributed by atoms with Crippen LogP contribution in [0.5, 0.6) is 0 Å². The summed E-state index contributed by atoms with van der Waals surface area (Å²) in [5.74, 6) is -2.16. The Morgan fingerprint density at radius 3 is 2.84 bits per heavy atom. The third-order valence-electron chi connectivity index (χ3n) is 2.64. The van der Waals surface area contributed by atoms with E-state index in [2.05, 4.69) is 10.3 Å². The SMILES string of the molecule is CC(NC(=O)c1cnc2c(F)cccc2c1)C(=O)O. The number of aromatic nitrogens is 1. The van der Waals surface area contributed by atoms with Crippen molar-refractivity contribution in [1.29, 1.82) is 0 Å². The number of rotatable bonds is 3. The minimum absolute atomic E-state index is 0.172. The highest BCUT2D eigenvalue weighted by Gasteiger charge is 2.16. The molecular formula is C13H11FN2O3. The molecule has 1 atom stereocenters. The fourth-order valence-electron chi connectivity index (χ4n) is 1.59. The number of carbonyl (C=O) groups is 2. The second-order valence-corrected chi connectivity index (χ2v) is 4.07. The highest BCUT2D eigenvalue weighted by atomic mass is 19.1. The van der Waals surface area contributed by atoms with E-state index in [1.165, 1.54) is 31.3 Å². The summed E-state index contributed by atoms with van der Waals surface area (Å²) >= 11 is 0. The number of hydrogen-bond donors (Lipinski definition) is 2. The van der Waals surface area contributed by atoms with Crippen molar-refractivity contribution in [1.82, 2.24) is 10.3 Å². The molecule has 19 heavy (non-hydrogen) atoms. The average Bonchev–Trinajstić information content (AvgIpc) is 2.38. The Kier molecular flexibility index (Phi) is 3.41. The number of halogens is 1. The van der Waals surface area contributed by atoms with Crippen LogP contribution in [0.25, 0.3) is 10.9 Å². The van der Waals surface area contributed by atoms with E-state index in [-0.39, 0.29) is 11.1 Å². The maximum Gasteiger partial charge on any atom is 0.325 e. The predicted molar refractivity (Wildman–Crippen MR) is 66.3 cm³/mol. The van der Waals surface area contributed by atoms with Crippen LogP contribution >= 0.6 is 0 Å². The second-order valence-electron chi connectivity index (χ2n) is 4.07. The van der Waals surface area contributed by atoms with Crippen LogP contribution in [0.2, 0.25) is 0 Å². The summed E-state index contributed by atoms with van der Waals surface area (Å²) in [7, 11) is 0. The highest BCUT2D eigenvalue weighted by Crippen LogP contribution is 2.16. The zero-order chi connectivity index (χ0) is 14.0. The van der Waals surface area contributed by atoms with Crippen LogP contribution < -0.4 is 5.32 Å². The van der Waals surface area contributed by atoms with Gasteiger partial charge in [0.1, 0.15) is 17.4 Å². The zero-order valence-corrected chi connectivity index (χ0v) is 10.1. The number of nitrogens with zero attached hydrogens (tertiary/aromatic N) is 1. The number of fused-ring (bicyclic) bond motifs is 1. The molecule has 0 aliphatic rings. The molecular weight excluding hydrogens is 251 g/mol. The van der Waals surface area contributed by atoms with Gasteiger partial charge in [-0.05, 0) is 19.1 Å².